The average molecular weight is 1400 g/mol. The predicted molar refractivity (Wildman–Crippen MR) is 306 cm³/mol. The number of hydrogen-bond acceptors (Lipinski definition) is 39. The second-order valence-corrected chi connectivity index (χ2v) is 22.7. The number of aliphatic hydroxyl groups is 14. The topological polar surface area (TPSA) is 563 Å². The van der Waals surface area contributed by atoms with Gasteiger partial charge in [0.1, 0.15) is 91.6 Å². The maximum atomic E-state index is 11.8. The summed E-state index contributed by atoms with van der Waals surface area (Å²) < 4.78 is 89.5. The molecule has 0 bridgehead atoms. The van der Waals surface area contributed by atoms with Crippen LogP contribution in [0.2, 0.25) is 0 Å². The van der Waals surface area contributed by atoms with Crippen LogP contribution in [0, 0.1) is 5.92 Å². The molecule has 8 saturated heterocycles. The lowest BCUT2D eigenvalue weighted by atomic mass is 9.88. The van der Waals surface area contributed by atoms with Crippen molar-refractivity contribution in [1.82, 2.24) is 4.90 Å². The molecule has 3 unspecified atom stereocenters. The van der Waals surface area contributed by atoms with Crippen molar-refractivity contribution in [1.29, 1.82) is 0 Å². The Kier molecular flexibility index (Phi) is 34.1. The van der Waals surface area contributed by atoms with Crippen molar-refractivity contribution < 1.29 is 186 Å². The Bertz CT molecular complexity index is 2410. The fourth-order valence-electron chi connectivity index (χ4n) is 11.1. The summed E-state index contributed by atoms with van der Waals surface area (Å²) in [6, 6.07) is 0. The molecule has 8 aliphatic heterocycles. The average Bonchev–Trinajstić information content (AvgIpc) is 1.47. The first-order chi connectivity index (χ1) is 45.2. The highest BCUT2D eigenvalue weighted by atomic mass is 16.8. The number of fused-ring (bicyclic) bond motifs is 2. The first kappa shape index (κ1) is 83.5. The van der Waals surface area contributed by atoms with Gasteiger partial charge in [0.05, 0.1) is 38.6 Å². The fourth-order valence-corrected chi connectivity index (χ4v) is 11.1. The summed E-state index contributed by atoms with van der Waals surface area (Å²) in [5, 5.41) is 135. The van der Waals surface area contributed by atoms with Gasteiger partial charge >= 0.3 is 42.2 Å². The number of carbonyl (C=O) groups excluding carboxylic acids is 7. The van der Waals surface area contributed by atoms with Gasteiger partial charge in [-0.3, -0.25) is 24.0 Å². The van der Waals surface area contributed by atoms with Crippen molar-refractivity contribution in [2.75, 3.05) is 46.1 Å². The van der Waals surface area contributed by atoms with E-state index in [1.807, 2.05) is 13.8 Å². The summed E-state index contributed by atoms with van der Waals surface area (Å²) in [4.78, 5) is 80.2. The molecule has 30 atom stereocenters. The van der Waals surface area contributed by atoms with Crippen LogP contribution in [0.1, 0.15) is 89.0 Å². The zero-order chi connectivity index (χ0) is 72.3. The molecule has 0 amide bonds. The van der Waals surface area contributed by atoms with E-state index in [1.54, 1.807) is 6.92 Å². The van der Waals surface area contributed by atoms with Gasteiger partial charge in [-0.15, -0.1) is 0 Å². The third-order valence-electron chi connectivity index (χ3n) is 16.0. The highest BCUT2D eigenvalue weighted by Crippen LogP contribution is 2.40. The van der Waals surface area contributed by atoms with Crippen molar-refractivity contribution in [2.24, 2.45) is 5.92 Å². The molecule has 8 fully saturated rings. The summed E-state index contributed by atoms with van der Waals surface area (Å²) in [5.74, 6) is -3.42. The van der Waals surface area contributed by atoms with Gasteiger partial charge in [0.25, 0.3) is 0 Å². The largest absolute Gasteiger partial charge is 0.509 e. The second kappa shape index (κ2) is 39.2. The maximum Gasteiger partial charge on any atom is 0.509 e. The van der Waals surface area contributed by atoms with Crippen molar-refractivity contribution in [3.05, 3.63) is 0 Å². The standard InChI is InChI=1S/C22H32O12.C13H20O12.C12H22O11.C6H15N.C4H6O3/c1-7-13-15(9(3)16(27-10(4)23)20(30-13)29-12(6)25)32-21-19(28-11(5)24)18-17(14(8-2)31-21)33-22(26)34-18;14-1-3-8(5(16)6(17)11(19)21-3)23-12-7(18)10-9(4(2-15)22-12)24-13(20)25-10;13-1-3-5(15)6(16)9(19)12(22-3)23-10-4(2-14)21-11(20)8(18)7(10)17;1-4-7(5-2)6-3;1-3(5)7-4(2)6/h9,13-21H,7-8H2,1-6H3;3-12,14-19H,1-2H2;3-20H,1-2H2;4-6H2,1-3H3;1-2H3/t9-,13+,14+,15-,16+,17-,18-,19+,20?,21-;3-,4-,5-,6-,7-,8-,9+,10-,11?,12+;3-,4-,5+,6+,7-,8-,9-,10-,11?,12+;;/m011../s1. The Labute approximate surface area is 550 Å². The molecule has 556 valence electrons. The Morgan fingerprint density at radius 2 is 0.750 bits per heavy atom. The van der Waals surface area contributed by atoms with Gasteiger partial charge in [-0.2, -0.15) is 0 Å². The van der Waals surface area contributed by atoms with E-state index in [2.05, 4.69) is 30.4 Å². The smallest absolute Gasteiger partial charge is 0.455 e. The summed E-state index contributed by atoms with van der Waals surface area (Å²) in [5.41, 5.74) is 0. The van der Waals surface area contributed by atoms with Crippen LogP contribution < -0.4 is 0 Å². The zero-order valence-electron chi connectivity index (χ0n) is 54.7. The molecule has 0 saturated carbocycles. The van der Waals surface area contributed by atoms with Gasteiger partial charge in [-0.25, -0.2) is 9.59 Å². The van der Waals surface area contributed by atoms with E-state index < -0.39 is 253 Å². The van der Waals surface area contributed by atoms with E-state index in [4.69, 9.17) is 80.9 Å². The van der Waals surface area contributed by atoms with E-state index in [0.717, 1.165) is 0 Å². The molecule has 39 heteroatoms. The third-order valence-corrected chi connectivity index (χ3v) is 16.0. The SMILES string of the molecule is CC(=O)OC(C)=O.CCN(CC)CC.CC[C@H]1O[C@@H](O[C@H]2[C@H](C)[C@@H](OC(C)=O)C(OC(C)=O)O[C@@H]2CC)[C@H](OC(C)=O)[C@H]2OC(=O)O[C@H]21.O=C1O[C@@H]2[C@@H](O)[C@H](O[C@H]3[C@H](O)[C@@H](O)C(O)O[C@@H]3CO)O[C@H](CO)[C@@H]2O1.OC[C@H]1O[C@@H](O[C@H]2[C@H](O)[C@@H](O)C(O)O[C@@H]2CO)[C@H](O)[C@@H](O)[C@H]1O. The minimum absolute atomic E-state index is 0.464. The Morgan fingerprint density at radius 1 is 0.365 bits per heavy atom. The van der Waals surface area contributed by atoms with Crippen LogP contribution in [0.3, 0.4) is 0 Å². The molecular formula is C57H95NO38. The lowest BCUT2D eigenvalue weighted by molar-refractivity contribution is -0.355. The lowest BCUT2D eigenvalue weighted by Crippen LogP contribution is -2.64. The molecule has 0 radical (unpaired) electrons. The Hall–Kier alpha value is -4.87. The number of hydrogen-bond donors (Lipinski definition) is 14. The zero-order valence-corrected chi connectivity index (χ0v) is 54.7. The van der Waals surface area contributed by atoms with Crippen molar-refractivity contribution in [3.8, 4) is 0 Å². The predicted octanol–water partition coefficient (Wildman–Crippen LogP) is -6.56. The number of rotatable bonds is 18. The monoisotopic (exact) mass is 1400 g/mol. The first-order valence-electron chi connectivity index (χ1n) is 31.0. The molecule has 0 aromatic rings. The fraction of sp³-hybridized carbons (Fsp3) is 0.877. The van der Waals surface area contributed by atoms with E-state index in [9.17, 15) is 99.9 Å². The molecular weight excluding hydrogens is 1310 g/mol. The normalized spacial score (nSPS) is 40.6. The van der Waals surface area contributed by atoms with E-state index in [-0.39, 0.29) is 0 Å². The number of esters is 5. The number of ether oxygens (including phenoxy) is 17. The summed E-state index contributed by atoms with van der Waals surface area (Å²) >= 11 is 0. The maximum absolute atomic E-state index is 11.8. The van der Waals surface area contributed by atoms with Gasteiger partial charge in [0.2, 0.25) is 6.29 Å². The molecule has 0 aliphatic carbocycles. The minimum atomic E-state index is -1.74. The van der Waals surface area contributed by atoms with Gasteiger partial charge in [-0.05, 0) is 32.5 Å². The first-order valence-corrected chi connectivity index (χ1v) is 31.0. The molecule has 8 rings (SSSR count). The van der Waals surface area contributed by atoms with Crippen LogP contribution in [-0.4, -0.2) is 343 Å². The van der Waals surface area contributed by atoms with Crippen molar-refractivity contribution >= 4 is 42.2 Å². The van der Waals surface area contributed by atoms with Crippen LogP contribution in [0.4, 0.5) is 9.59 Å². The van der Waals surface area contributed by atoms with Crippen molar-refractivity contribution in [3.63, 3.8) is 0 Å². The molecule has 96 heavy (non-hydrogen) atoms. The van der Waals surface area contributed by atoms with Crippen LogP contribution >= 0.6 is 0 Å². The Balaban J connectivity index is 0.000000282. The summed E-state index contributed by atoms with van der Waals surface area (Å²) in [7, 11) is 0. The third kappa shape index (κ3) is 22.1. The van der Waals surface area contributed by atoms with Crippen LogP contribution in [0.5, 0.6) is 0 Å². The summed E-state index contributed by atoms with van der Waals surface area (Å²) in [6.07, 6.45) is -38.4. The lowest BCUT2D eigenvalue weighted by Gasteiger charge is -2.47. The number of nitrogens with zero attached hydrogens (tertiary/aromatic N) is 1. The molecule has 14 N–H and O–H groups in total. The molecule has 0 aromatic carbocycles. The Morgan fingerprint density at radius 3 is 1.16 bits per heavy atom. The highest BCUT2D eigenvalue weighted by molar-refractivity contribution is 5.82. The second-order valence-electron chi connectivity index (χ2n) is 22.7. The number of carbonyl (C=O) groups is 7. The van der Waals surface area contributed by atoms with Gasteiger partial charge in [-0.1, -0.05) is 41.5 Å². The van der Waals surface area contributed by atoms with Crippen molar-refractivity contribution in [2.45, 2.75) is 267 Å². The van der Waals surface area contributed by atoms with Crippen LogP contribution in [0.25, 0.3) is 0 Å². The van der Waals surface area contributed by atoms with E-state index >= 15 is 0 Å². The highest BCUT2D eigenvalue weighted by Gasteiger charge is 2.60. The van der Waals surface area contributed by atoms with E-state index in [0.29, 0.717) is 12.8 Å². The number of aliphatic hydroxyl groups excluding tert-OH is 14. The van der Waals surface area contributed by atoms with E-state index in [1.165, 1.54) is 54.3 Å². The molecule has 0 spiro atoms. The quantitative estimate of drug-likeness (QED) is 0.0345. The van der Waals surface area contributed by atoms with Gasteiger partial charge < -0.3 is 157 Å². The molecule has 8 aliphatic rings. The molecule has 0 aromatic heterocycles. The molecule has 39 nitrogen and oxygen atoms in total. The molecule has 8 heterocycles. The summed E-state index contributed by atoms with van der Waals surface area (Å²) in [6.45, 7) is 19.1. The van der Waals surface area contributed by atoms with Gasteiger partial charge in [0, 0.05) is 40.5 Å². The minimum Gasteiger partial charge on any atom is -0.455 e. The van der Waals surface area contributed by atoms with Crippen LogP contribution in [-0.2, 0) is 104 Å². The van der Waals surface area contributed by atoms with Gasteiger partial charge in [0.15, 0.2) is 68.1 Å². The van der Waals surface area contributed by atoms with Crippen LogP contribution in [0.15, 0.2) is 0 Å².